The number of carbonyl (C=O) groups excluding carboxylic acids is 3. The first-order valence-corrected chi connectivity index (χ1v) is 9.04. The Morgan fingerprint density at radius 1 is 1.19 bits per heavy atom. The van der Waals surface area contributed by atoms with Gasteiger partial charge in [-0.15, -0.1) is 5.06 Å². The standard InChI is InChI=1S/C19H26N4O4/c1-4-22(5-2)13-12-20-18(25)15-7-9-16(10-8-15)21-19(26)27-23-14(3)6-11-17(23)24/h7-10H,3-6,11-13H2,1-2H3,(H,20,25)(H,21,26). The van der Waals surface area contributed by atoms with E-state index in [1.54, 1.807) is 24.3 Å². The van der Waals surface area contributed by atoms with Crippen molar-refractivity contribution in [2.24, 2.45) is 0 Å². The molecule has 0 atom stereocenters. The zero-order chi connectivity index (χ0) is 19.8. The lowest BCUT2D eigenvalue weighted by molar-refractivity contribution is -0.151. The van der Waals surface area contributed by atoms with Gasteiger partial charge in [0.25, 0.3) is 11.8 Å². The zero-order valence-corrected chi connectivity index (χ0v) is 15.8. The van der Waals surface area contributed by atoms with Gasteiger partial charge >= 0.3 is 6.09 Å². The van der Waals surface area contributed by atoms with Crippen LogP contribution in [-0.2, 0) is 9.63 Å². The Kier molecular flexibility index (Phi) is 7.36. The third-order valence-corrected chi connectivity index (χ3v) is 4.32. The molecule has 2 N–H and O–H groups in total. The van der Waals surface area contributed by atoms with Gasteiger partial charge in [0.05, 0.1) is 5.70 Å². The van der Waals surface area contributed by atoms with E-state index < -0.39 is 6.09 Å². The summed E-state index contributed by atoms with van der Waals surface area (Å²) < 4.78 is 0. The first kappa shape index (κ1) is 20.4. The minimum Gasteiger partial charge on any atom is -0.351 e. The molecule has 3 amide bonds. The second kappa shape index (κ2) is 9.72. The van der Waals surface area contributed by atoms with Gasteiger partial charge in [-0.05, 0) is 43.8 Å². The average Bonchev–Trinajstić information content (AvgIpc) is 2.97. The molecular weight excluding hydrogens is 348 g/mol. The van der Waals surface area contributed by atoms with Gasteiger partial charge in [0, 0.05) is 30.8 Å². The van der Waals surface area contributed by atoms with Crippen LogP contribution in [0, 0.1) is 0 Å². The minimum absolute atomic E-state index is 0.171. The summed E-state index contributed by atoms with van der Waals surface area (Å²) in [6, 6.07) is 6.42. The Morgan fingerprint density at radius 2 is 1.85 bits per heavy atom. The molecule has 0 aliphatic carbocycles. The van der Waals surface area contributed by atoms with Gasteiger partial charge < -0.3 is 15.1 Å². The van der Waals surface area contributed by atoms with Crippen LogP contribution in [0.25, 0.3) is 0 Å². The first-order valence-electron chi connectivity index (χ1n) is 9.04. The van der Waals surface area contributed by atoms with Crippen LogP contribution in [-0.4, -0.2) is 54.0 Å². The molecule has 27 heavy (non-hydrogen) atoms. The predicted molar refractivity (Wildman–Crippen MR) is 102 cm³/mol. The normalized spacial score (nSPS) is 13.8. The van der Waals surface area contributed by atoms with Gasteiger partial charge in [-0.25, -0.2) is 4.79 Å². The van der Waals surface area contributed by atoms with Gasteiger partial charge in [-0.1, -0.05) is 20.4 Å². The van der Waals surface area contributed by atoms with Crippen molar-refractivity contribution in [2.45, 2.75) is 26.7 Å². The Bertz CT molecular complexity index is 682. The third kappa shape index (κ3) is 5.82. The molecule has 0 saturated carbocycles. The smallest absolute Gasteiger partial charge is 0.351 e. The summed E-state index contributed by atoms with van der Waals surface area (Å²) in [6.45, 7) is 11.1. The van der Waals surface area contributed by atoms with Crippen LogP contribution in [0.4, 0.5) is 10.5 Å². The average molecular weight is 374 g/mol. The maximum Gasteiger partial charge on any atom is 0.436 e. The molecule has 8 heteroatoms. The van der Waals surface area contributed by atoms with Crippen LogP contribution in [0.3, 0.4) is 0 Å². The number of rotatable bonds is 8. The van der Waals surface area contributed by atoms with Crippen molar-refractivity contribution in [3.8, 4) is 0 Å². The number of hydrogen-bond donors (Lipinski definition) is 2. The van der Waals surface area contributed by atoms with Crippen molar-refractivity contribution in [2.75, 3.05) is 31.5 Å². The van der Waals surface area contributed by atoms with E-state index in [-0.39, 0.29) is 18.2 Å². The lowest BCUT2D eigenvalue weighted by Crippen LogP contribution is -2.34. The molecule has 2 rings (SSSR count). The van der Waals surface area contributed by atoms with E-state index in [1.165, 1.54) is 0 Å². The molecule has 0 spiro atoms. The topological polar surface area (TPSA) is 91.0 Å². The lowest BCUT2D eigenvalue weighted by atomic mass is 10.2. The van der Waals surface area contributed by atoms with Gasteiger partial charge in [-0.3, -0.25) is 14.9 Å². The van der Waals surface area contributed by atoms with Crippen LogP contribution in [0.5, 0.6) is 0 Å². The van der Waals surface area contributed by atoms with Gasteiger partial charge in [0.2, 0.25) is 0 Å². The summed E-state index contributed by atoms with van der Waals surface area (Å²) in [7, 11) is 0. The maximum absolute atomic E-state index is 12.1. The minimum atomic E-state index is -0.789. The number of benzene rings is 1. The Morgan fingerprint density at radius 3 is 2.41 bits per heavy atom. The van der Waals surface area contributed by atoms with Gasteiger partial charge in [0.15, 0.2) is 0 Å². The second-order valence-electron chi connectivity index (χ2n) is 6.12. The molecule has 146 valence electrons. The number of nitrogens with one attached hydrogen (secondary N) is 2. The number of anilines is 1. The number of carbonyl (C=O) groups is 3. The van der Waals surface area contributed by atoms with Crippen LogP contribution in [0.2, 0.25) is 0 Å². The summed E-state index contributed by atoms with van der Waals surface area (Å²) in [5, 5.41) is 6.29. The number of hydrogen-bond acceptors (Lipinski definition) is 5. The Hall–Kier alpha value is -2.87. The molecule has 1 aliphatic heterocycles. The Labute approximate surface area is 159 Å². The number of nitrogens with zero attached hydrogens (tertiary/aromatic N) is 2. The van der Waals surface area contributed by atoms with E-state index in [0.29, 0.717) is 29.9 Å². The number of allylic oxidation sites excluding steroid dienone is 1. The van der Waals surface area contributed by atoms with Gasteiger partial charge in [-0.2, -0.15) is 0 Å². The van der Waals surface area contributed by atoms with Crippen LogP contribution >= 0.6 is 0 Å². The fourth-order valence-corrected chi connectivity index (χ4v) is 2.64. The van der Waals surface area contributed by atoms with Crippen molar-refractivity contribution >= 4 is 23.6 Å². The molecule has 1 aromatic carbocycles. The largest absolute Gasteiger partial charge is 0.436 e. The van der Waals surface area contributed by atoms with Crippen molar-refractivity contribution in [3.63, 3.8) is 0 Å². The quantitative estimate of drug-likeness (QED) is 0.729. The molecule has 1 aliphatic rings. The van der Waals surface area contributed by atoms with E-state index in [4.69, 9.17) is 4.84 Å². The van der Waals surface area contributed by atoms with Crippen LogP contribution < -0.4 is 10.6 Å². The van der Waals surface area contributed by atoms with E-state index in [1.807, 2.05) is 0 Å². The monoisotopic (exact) mass is 374 g/mol. The third-order valence-electron chi connectivity index (χ3n) is 4.32. The Balaban J connectivity index is 1.82. The predicted octanol–water partition coefficient (Wildman–Crippen LogP) is 2.36. The highest BCUT2D eigenvalue weighted by Gasteiger charge is 2.28. The van der Waals surface area contributed by atoms with Crippen molar-refractivity contribution < 1.29 is 19.2 Å². The van der Waals surface area contributed by atoms with Gasteiger partial charge in [0.1, 0.15) is 0 Å². The molecule has 0 bridgehead atoms. The van der Waals surface area contributed by atoms with Crippen molar-refractivity contribution in [3.05, 3.63) is 42.1 Å². The van der Waals surface area contributed by atoms with E-state index in [0.717, 1.165) is 24.7 Å². The van der Waals surface area contributed by atoms with E-state index >= 15 is 0 Å². The highest BCUT2D eigenvalue weighted by atomic mass is 16.7. The molecule has 1 saturated heterocycles. The highest BCUT2D eigenvalue weighted by molar-refractivity contribution is 5.95. The highest BCUT2D eigenvalue weighted by Crippen LogP contribution is 2.21. The second-order valence-corrected chi connectivity index (χ2v) is 6.12. The fourth-order valence-electron chi connectivity index (χ4n) is 2.64. The number of amides is 3. The van der Waals surface area contributed by atoms with E-state index in [9.17, 15) is 14.4 Å². The van der Waals surface area contributed by atoms with Crippen LogP contribution in [0.15, 0.2) is 36.5 Å². The molecule has 1 heterocycles. The summed E-state index contributed by atoms with van der Waals surface area (Å²) in [4.78, 5) is 42.8. The molecule has 0 unspecified atom stereocenters. The first-order chi connectivity index (χ1) is 12.9. The summed E-state index contributed by atoms with van der Waals surface area (Å²) in [5.41, 5.74) is 1.40. The SMILES string of the molecule is C=C1CCC(=O)N1OC(=O)Nc1ccc(C(=O)NCCN(CC)CC)cc1. The molecule has 8 nitrogen and oxygen atoms in total. The molecule has 0 aromatic heterocycles. The van der Waals surface area contributed by atoms with Crippen LogP contribution in [0.1, 0.15) is 37.0 Å². The molecule has 1 fully saturated rings. The molecule has 0 radical (unpaired) electrons. The molecular formula is C19H26N4O4. The number of likely N-dealkylation sites (N-methyl/N-ethyl adjacent to an activating group) is 1. The number of hydroxylamine groups is 2. The summed E-state index contributed by atoms with van der Waals surface area (Å²) in [6.07, 6.45) is -0.0307. The lowest BCUT2D eigenvalue weighted by Gasteiger charge is -2.18. The van der Waals surface area contributed by atoms with Crippen molar-refractivity contribution in [1.29, 1.82) is 0 Å². The summed E-state index contributed by atoms with van der Waals surface area (Å²) >= 11 is 0. The maximum atomic E-state index is 12.1. The van der Waals surface area contributed by atoms with E-state index in [2.05, 4.69) is 36.0 Å². The fraction of sp³-hybridized carbons (Fsp3) is 0.421. The molecule has 1 aromatic rings. The zero-order valence-electron chi connectivity index (χ0n) is 15.8. The van der Waals surface area contributed by atoms with Crippen molar-refractivity contribution in [1.82, 2.24) is 15.3 Å². The summed E-state index contributed by atoms with van der Waals surface area (Å²) in [5.74, 6) is -0.470.